The molecule has 0 fully saturated rings. The van der Waals surface area contributed by atoms with Gasteiger partial charge >= 0.3 is 0 Å². The highest BCUT2D eigenvalue weighted by molar-refractivity contribution is 5.46. The first-order valence-corrected chi connectivity index (χ1v) is 6.61. The number of ether oxygens (including phenoxy) is 2. The third kappa shape index (κ3) is 2.78. The molecule has 0 spiro atoms. The average Bonchev–Trinajstić information content (AvgIpc) is 2.46. The minimum atomic E-state index is -0.212. The molecule has 0 aromatic heterocycles. The highest BCUT2D eigenvalue weighted by Gasteiger charge is 2.16. The number of aryl methyl sites for hydroxylation is 2. The Morgan fingerprint density at radius 2 is 1.65 bits per heavy atom. The van der Waals surface area contributed by atoms with Crippen molar-refractivity contribution in [3.05, 3.63) is 58.7 Å². The van der Waals surface area contributed by atoms with E-state index < -0.39 is 0 Å². The average molecular weight is 271 g/mol. The summed E-state index contributed by atoms with van der Waals surface area (Å²) in [5.74, 6) is 1.66. The maximum atomic E-state index is 6.43. The Morgan fingerprint density at radius 3 is 2.25 bits per heavy atom. The van der Waals surface area contributed by atoms with Gasteiger partial charge in [0.05, 0.1) is 20.3 Å². The van der Waals surface area contributed by atoms with Crippen LogP contribution in [0.1, 0.15) is 28.3 Å². The maximum Gasteiger partial charge on any atom is 0.123 e. The van der Waals surface area contributed by atoms with Crippen molar-refractivity contribution >= 4 is 0 Å². The van der Waals surface area contributed by atoms with E-state index in [1.807, 2.05) is 37.3 Å². The van der Waals surface area contributed by atoms with Crippen molar-refractivity contribution in [2.45, 2.75) is 19.9 Å². The summed E-state index contributed by atoms with van der Waals surface area (Å²) in [6.07, 6.45) is 0. The van der Waals surface area contributed by atoms with Crippen molar-refractivity contribution in [3.63, 3.8) is 0 Å². The van der Waals surface area contributed by atoms with Crippen molar-refractivity contribution in [3.8, 4) is 11.5 Å². The molecule has 2 N–H and O–H groups in total. The van der Waals surface area contributed by atoms with Gasteiger partial charge in [0.2, 0.25) is 0 Å². The van der Waals surface area contributed by atoms with Crippen LogP contribution in [-0.2, 0) is 0 Å². The molecule has 0 radical (unpaired) electrons. The SMILES string of the molecule is COc1ccc(C(N)c2cc(C)ccc2OC)c(C)c1. The van der Waals surface area contributed by atoms with E-state index in [1.54, 1.807) is 14.2 Å². The zero-order valence-corrected chi connectivity index (χ0v) is 12.4. The van der Waals surface area contributed by atoms with Crippen LogP contribution in [0.5, 0.6) is 11.5 Å². The van der Waals surface area contributed by atoms with Gasteiger partial charge in [0.1, 0.15) is 11.5 Å². The second kappa shape index (κ2) is 5.97. The highest BCUT2D eigenvalue weighted by Crippen LogP contribution is 2.31. The molecule has 1 unspecified atom stereocenters. The largest absolute Gasteiger partial charge is 0.497 e. The summed E-state index contributed by atoms with van der Waals surface area (Å²) in [5.41, 5.74) is 10.8. The van der Waals surface area contributed by atoms with Gasteiger partial charge in [-0.3, -0.25) is 0 Å². The van der Waals surface area contributed by atoms with Crippen LogP contribution in [0.4, 0.5) is 0 Å². The predicted octanol–water partition coefficient (Wildman–Crippen LogP) is 3.37. The minimum Gasteiger partial charge on any atom is -0.497 e. The highest BCUT2D eigenvalue weighted by atomic mass is 16.5. The van der Waals surface area contributed by atoms with E-state index in [0.29, 0.717) is 0 Å². The fourth-order valence-corrected chi connectivity index (χ4v) is 2.39. The van der Waals surface area contributed by atoms with Crippen molar-refractivity contribution < 1.29 is 9.47 Å². The van der Waals surface area contributed by atoms with Crippen molar-refractivity contribution in [1.82, 2.24) is 0 Å². The fourth-order valence-electron chi connectivity index (χ4n) is 2.39. The molecule has 0 saturated heterocycles. The normalized spacial score (nSPS) is 12.1. The van der Waals surface area contributed by atoms with Gasteiger partial charge in [-0.1, -0.05) is 23.8 Å². The molecule has 106 valence electrons. The topological polar surface area (TPSA) is 44.5 Å². The van der Waals surface area contributed by atoms with E-state index in [4.69, 9.17) is 15.2 Å². The number of methoxy groups -OCH3 is 2. The Hall–Kier alpha value is -2.00. The lowest BCUT2D eigenvalue weighted by atomic mass is 9.94. The molecule has 0 aliphatic heterocycles. The lowest BCUT2D eigenvalue weighted by molar-refractivity contribution is 0.407. The monoisotopic (exact) mass is 271 g/mol. The van der Waals surface area contributed by atoms with Crippen LogP contribution >= 0.6 is 0 Å². The lowest BCUT2D eigenvalue weighted by Crippen LogP contribution is -2.14. The van der Waals surface area contributed by atoms with Crippen LogP contribution in [-0.4, -0.2) is 14.2 Å². The van der Waals surface area contributed by atoms with Crippen molar-refractivity contribution in [2.24, 2.45) is 5.73 Å². The van der Waals surface area contributed by atoms with Crippen LogP contribution in [0.15, 0.2) is 36.4 Å². The summed E-state index contributed by atoms with van der Waals surface area (Å²) >= 11 is 0. The minimum absolute atomic E-state index is 0.212. The second-order valence-corrected chi connectivity index (χ2v) is 4.95. The number of rotatable bonds is 4. The standard InChI is InChI=1S/C17H21NO2/c1-11-5-8-16(20-4)15(9-11)17(18)14-7-6-13(19-3)10-12(14)2/h5-10,17H,18H2,1-4H3. The van der Waals surface area contributed by atoms with Crippen LogP contribution < -0.4 is 15.2 Å². The van der Waals surface area contributed by atoms with Crippen molar-refractivity contribution in [2.75, 3.05) is 14.2 Å². The van der Waals surface area contributed by atoms with E-state index >= 15 is 0 Å². The Balaban J connectivity index is 2.45. The Kier molecular flexibility index (Phi) is 4.30. The van der Waals surface area contributed by atoms with E-state index in [2.05, 4.69) is 13.0 Å². The fraction of sp³-hybridized carbons (Fsp3) is 0.294. The molecule has 2 rings (SSSR count). The van der Waals surface area contributed by atoms with Gasteiger partial charge in [-0.25, -0.2) is 0 Å². The van der Waals surface area contributed by atoms with Gasteiger partial charge < -0.3 is 15.2 Å². The third-order valence-corrected chi connectivity index (χ3v) is 3.53. The van der Waals surface area contributed by atoms with Crippen LogP contribution in [0.25, 0.3) is 0 Å². The molecule has 0 aliphatic carbocycles. The lowest BCUT2D eigenvalue weighted by Gasteiger charge is -2.19. The second-order valence-electron chi connectivity index (χ2n) is 4.95. The number of hydrogen-bond donors (Lipinski definition) is 1. The molecule has 0 saturated carbocycles. The molecular formula is C17H21NO2. The molecule has 1 atom stereocenters. The first-order chi connectivity index (χ1) is 9.56. The van der Waals surface area contributed by atoms with Crippen molar-refractivity contribution in [1.29, 1.82) is 0 Å². The molecule has 3 nitrogen and oxygen atoms in total. The molecule has 2 aromatic carbocycles. The zero-order chi connectivity index (χ0) is 14.7. The molecule has 0 bridgehead atoms. The summed E-state index contributed by atoms with van der Waals surface area (Å²) in [6, 6.07) is 11.8. The summed E-state index contributed by atoms with van der Waals surface area (Å²) in [6.45, 7) is 4.09. The molecule has 0 amide bonds. The number of hydrogen-bond acceptors (Lipinski definition) is 3. The van der Waals surface area contributed by atoms with E-state index in [-0.39, 0.29) is 6.04 Å². The summed E-state index contributed by atoms with van der Waals surface area (Å²) in [7, 11) is 3.33. The predicted molar refractivity (Wildman–Crippen MR) is 81.5 cm³/mol. The summed E-state index contributed by atoms with van der Waals surface area (Å²) in [4.78, 5) is 0. The third-order valence-electron chi connectivity index (χ3n) is 3.53. The molecule has 2 aromatic rings. The van der Waals surface area contributed by atoms with Gasteiger partial charge in [0.25, 0.3) is 0 Å². The summed E-state index contributed by atoms with van der Waals surface area (Å²) < 4.78 is 10.7. The molecule has 20 heavy (non-hydrogen) atoms. The van der Waals surface area contributed by atoms with Crippen LogP contribution in [0.3, 0.4) is 0 Å². The van der Waals surface area contributed by atoms with E-state index in [9.17, 15) is 0 Å². The molecule has 3 heteroatoms. The smallest absolute Gasteiger partial charge is 0.123 e. The summed E-state index contributed by atoms with van der Waals surface area (Å²) in [5, 5.41) is 0. The molecule has 0 aliphatic rings. The van der Waals surface area contributed by atoms with Gasteiger partial charge in [-0.15, -0.1) is 0 Å². The molecule has 0 heterocycles. The Morgan fingerprint density at radius 1 is 0.900 bits per heavy atom. The van der Waals surface area contributed by atoms with Crippen LogP contribution in [0.2, 0.25) is 0 Å². The van der Waals surface area contributed by atoms with Gasteiger partial charge in [0, 0.05) is 5.56 Å². The van der Waals surface area contributed by atoms with Gasteiger partial charge in [0.15, 0.2) is 0 Å². The zero-order valence-electron chi connectivity index (χ0n) is 12.4. The van der Waals surface area contributed by atoms with E-state index in [0.717, 1.165) is 28.2 Å². The number of benzene rings is 2. The van der Waals surface area contributed by atoms with E-state index in [1.165, 1.54) is 5.56 Å². The maximum absolute atomic E-state index is 6.43. The molecular weight excluding hydrogens is 250 g/mol. The van der Waals surface area contributed by atoms with Gasteiger partial charge in [-0.05, 0) is 43.2 Å². The Labute approximate surface area is 120 Å². The quantitative estimate of drug-likeness (QED) is 0.927. The van der Waals surface area contributed by atoms with Gasteiger partial charge in [-0.2, -0.15) is 0 Å². The first kappa shape index (κ1) is 14.4. The first-order valence-electron chi connectivity index (χ1n) is 6.61. The number of nitrogens with two attached hydrogens (primary N) is 1. The van der Waals surface area contributed by atoms with Crippen LogP contribution in [0, 0.1) is 13.8 Å². The Bertz CT molecular complexity index is 608.